The van der Waals surface area contributed by atoms with E-state index in [1.54, 1.807) is 28.0 Å². The lowest BCUT2D eigenvalue weighted by Gasteiger charge is -2.15. The van der Waals surface area contributed by atoms with Crippen LogP contribution in [0, 0.1) is 6.92 Å². The summed E-state index contributed by atoms with van der Waals surface area (Å²) in [6.07, 6.45) is -0.631. The SMILES string of the molecule is Cc1cc(C(F)(F)F)n2nc([C@@H]3CCN(C(=O)c4cnn(C(C)C)c4)C3)cc2n1. The van der Waals surface area contributed by atoms with Crippen LogP contribution in [-0.2, 0) is 6.18 Å². The van der Waals surface area contributed by atoms with E-state index in [9.17, 15) is 18.0 Å². The molecule has 0 unspecified atom stereocenters. The van der Waals surface area contributed by atoms with Gasteiger partial charge in [0.2, 0.25) is 0 Å². The van der Waals surface area contributed by atoms with E-state index in [-0.39, 0.29) is 29.2 Å². The van der Waals surface area contributed by atoms with E-state index in [1.807, 2.05) is 13.8 Å². The fourth-order valence-corrected chi connectivity index (χ4v) is 3.62. The second-order valence-corrected chi connectivity index (χ2v) is 7.66. The topological polar surface area (TPSA) is 68.3 Å². The van der Waals surface area contributed by atoms with Crippen molar-refractivity contribution in [2.45, 2.75) is 45.3 Å². The molecule has 4 heterocycles. The van der Waals surface area contributed by atoms with Gasteiger partial charge in [-0.25, -0.2) is 9.50 Å². The summed E-state index contributed by atoms with van der Waals surface area (Å²) in [4.78, 5) is 18.6. The molecule has 1 saturated heterocycles. The third-order valence-corrected chi connectivity index (χ3v) is 5.14. The van der Waals surface area contributed by atoms with Gasteiger partial charge < -0.3 is 4.90 Å². The Morgan fingerprint density at radius 1 is 1.28 bits per heavy atom. The normalized spacial score (nSPS) is 17.6. The molecule has 0 N–H and O–H groups in total. The highest BCUT2D eigenvalue weighted by Crippen LogP contribution is 2.32. The maximum absolute atomic E-state index is 13.3. The third kappa shape index (κ3) is 3.58. The number of aryl methyl sites for hydroxylation is 1. The fraction of sp³-hybridized carbons (Fsp3) is 0.474. The number of hydrogen-bond acceptors (Lipinski definition) is 4. The molecule has 1 aliphatic heterocycles. The van der Waals surface area contributed by atoms with Gasteiger partial charge in [-0.2, -0.15) is 23.4 Å². The first-order valence-electron chi connectivity index (χ1n) is 9.41. The molecule has 3 aromatic heterocycles. The van der Waals surface area contributed by atoms with Crippen molar-refractivity contribution in [3.05, 3.63) is 47.2 Å². The van der Waals surface area contributed by atoms with Gasteiger partial charge in [0.1, 0.15) is 5.69 Å². The van der Waals surface area contributed by atoms with Gasteiger partial charge in [0.25, 0.3) is 5.91 Å². The number of aromatic nitrogens is 5. The van der Waals surface area contributed by atoms with Gasteiger partial charge in [-0.3, -0.25) is 9.48 Å². The summed E-state index contributed by atoms with van der Waals surface area (Å²) < 4.78 is 42.6. The maximum atomic E-state index is 13.3. The molecule has 1 aliphatic rings. The summed E-state index contributed by atoms with van der Waals surface area (Å²) in [6.45, 7) is 6.39. The molecule has 1 amide bonds. The second kappa shape index (κ2) is 6.85. The van der Waals surface area contributed by atoms with Crippen molar-refractivity contribution < 1.29 is 18.0 Å². The van der Waals surface area contributed by atoms with Crippen molar-refractivity contribution in [3.8, 4) is 0 Å². The van der Waals surface area contributed by atoms with Crippen LogP contribution in [0.4, 0.5) is 13.2 Å². The molecule has 3 aromatic rings. The van der Waals surface area contributed by atoms with Gasteiger partial charge in [-0.05, 0) is 33.3 Å². The molecular formula is C19H21F3N6O. The first-order valence-corrected chi connectivity index (χ1v) is 9.41. The zero-order valence-corrected chi connectivity index (χ0v) is 16.3. The third-order valence-electron chi connectivity index (χ3n) is 5.14. The number of halogens is 3. The van der Waals surface area contributed by atoms with E-state index < -0.39 is 11.9 Å². The number of alkyl halides is 3. The number of likely N-dealkylation sites (tertiary alicyclic amines) is 1. The van der Waals surface area contributed by atoms with Crippen LogP contribution >= 0.6 is 0 Å². The number of carbonyl (C=O) groups is 1. The largest absolute Gasteiger partial charge is 0.433 e. The van der Waals surface area contributed by atoms with Crippen LogP contribution < -0.4 is 0 Å². The molecule has 0 bridgehead atoms. The first kappa shape index (κ1) is 19.4. The van der Waals surface area contributed by atoms with Gasteiger partial charge in [-0.1, -0.05) is 0 Å². The summed E-state index contributed by atoms with van der Waals surface area (Å²) in [5, 5.41) is 8.37. The molecule has 154 valence electrons. The smallest absolute Gasteiger partial charge is 0.338 e. The van der Waals surface area contributed by atoms with Crippen LogP contribution in [0.1, 0.15) is 59.7 Å². The van der Waals surface area contributed by atoms with Crippen LogP contribution in [0.5, 0.6) is 0 Å². The Balaban J connectivity index is 1.57. The Labute approximate surface area is 165 Å². The van der Waals surface area contributed by atoms with Crippen molar-refractivity contribution in [1.29, 1.82) is 0 Å². The van der Waals surface area contributed by atoms with Gasteiger partial charge in [0.15, 0.2) is 5.65 Å². The molecular weight excluding hydrogens is 385 g/mol. The van der Waals surface area contributed by atoms with E-state index in [2.05, 4.69) is 15.2 Å². The van der Waals surface area contributed by atoms with Gasteiger partial charge in [-0.15, -0.1) is 0 Å². The lowest BCUT2D eigenvalue weighted by atomic mass is 10.1. The van der Waals surface area contributed by atoms with Crippen LogP contribution in [0.15, 0.2) is 24.5 Å². The van der Waals surface area contributed by atoms with E-state index in [1.165, 1.54) is 6.92 Å². The number of fused-ring (bicyclic) bond motifs is 1. The highest BCUT2D eigenvalue weighted by molar-refractivity contribution is 5.94. The first-order chi connectivity index (χ1) is 13.6. The summed E-state index contributed by atoms with van der Waals surface area (Å²) in [7, 11) is 0. The minimum atomic E-state index is -4.52. The number of rotatable bonds is 3. The van der Waals surface area contributed by atoms with Crippen molar-refractivity contribution in [2.24, 2.45) is 0 Å². The minimum Gasteiger partial charge on any atom is -0.338 e. The molecule has 0 spiro atoms. The van der Waals surface area contributed by atoms with Gasteiger partial charge in [0.05, 0.1) is 17.5 Å². The number of carbonyl (C=O) groups excluding carboxylic acids is 1. The van der Waals surface area contributed by atoms with Crippen LogP contribution in [0.3, 0.4) is 0 Å². The number of amides is 1. The maximum Gasteiger partial charge on any atom is 0.433 e. The summed E-state index contributed by atoms with van der Waals surface area (Å²) in [6, 6.07) is 2.72. The lowest BCUT2D eigenvalue weighted by Crippen LogP contribution is -2.28. The minimum absolute atomic E-state index is 0.131. The van der Waals surface area contributed by atoms with E-state index in [0.29, 0.717) is 30.8 Å². The molecule has 1 atom stereocenters. The zero-order valence-electron chi connectivity index (χ0n) is 16.3. The van der Waals surface area contributed by atoms with Crippen molar-refractivity contribution in [2.75, 3.05) is 13.1 Å². The molecule has 1 fully saturated rings. The Bertz CT molecular complexity index is 1070. The average molecular weight is 406 g/mol. The zero-order chi connectivity index (χ0) is 20.9. The lowest BCUT2D eigenvalue weighted by molar-refractivity contribution is -0.142. The highest BCUT2D eigenvalue weighted by atomic mass is 19.4. The predicted octanol–water partition coefficient (Wildman–Crippen LogP) is 3.46. The van der Waals surface area contributed by atoms with Crippen LogP contribution in [-0.4, -0.2) is 48.3 Å². The van der Waals surface area contributed by atoms with Gasteiger partial charge in [0, 0.05) is 43.0 Å². The summed E-state index contributed by atoms with van der Waals surface area (Å²) in [5.74, 6) is -0.268. The fourth-order valence-electron chi connectivity index (χ4n) is 3.62. The van der Waals surface area contributed by atoms with E-state index in [4.69, 9.17) is 0 Å². The van der Waals surface area contributed by atoms with Crippen LogP contribution in [0.25, 0.3) is 5.65 Å². The Morgan fingerprint density at radius 2 is 2.03 bits per heavy atom. The predicted molar refractivity (Wildman–Crippen MR) is 98.6 cm³/mol. The molecule has 0 radical (unpaired) electrons. The monoisotopic (exact) mass is 406 g/mol. The van der Waals surface area contributed by atoms with Crippen LogP contribution in [0.2, 0.25) is 0 Å². The molecule has 4 rings (SSSR count). The summed E-state index contributed by atoms with van der Waals surface area (Å²) >= 11 is 0. The van der Waals surface area contributed by atoms with E-state index >= 15 is 0 Å². The van der Waals surface area contributed by atoms with Gasteiger partial charge >= 0.3 is 6.18 Å². The molecule has 0 aliphatic carbocycles. The Morgan fingerprint density at radius 3 is 2.69 bits per heavy atom. The molecule has 29 heavy (non-hydrogen) atoms. The van der Waals surface area contributed by atoms with Crippen molar-refractivity contribution >= 4 is 11.6 Å². The van der Waals surface area contributed by atoms with Crippen molar-refractivity contribution in [3.63, 3.8) is 0 Å². The van der Waals surface area contributed by atoms with E-state index in [0.717, 1.165) is 10.6 Å². The highest BCUT2D eigenvalue weighted by Gasteiger charge is 2.36. The Hall–Kier alpha value is -2.91. The standard InChI is InChI=1S/C19H21F3N6O/c1-11(2)27-10-14(8-23-27)18(29)26-5-4-13(9-26)15-7-17-24-12(3)6-16(19(20,21)22)28(17)25-15/h6-8,10-11,13H,4-5,9H2,1-3H3/t13-/m1/s1. The second-order valence-electron chi connectivity index (χ2n) is 7.66. The summed E-state index contributed by atoms with van der Waals surface area (Å²) in [5.41, 5.74) is 0.614. The average Bonchev–Trinajstić information content (AvgIpc) is 3.37. The Kier molecular flexibility index (Phi) is 4.59. The number of nitrogens with zero attached hydrogens (tertiary/aromatic N) is 6. The number of hydrogen-bond donors (Lipinski definition) is 0. The molecule has 0 aromatic carbocycles. The molecule has 10 heteroatoms. The molecule has 0 saturated carbocycles. The molecule has 7 nitrogen and oxygen atoms in total. The van der Waals surface area contributed by atoms with Crippen molar-refractivity contribution in [1.82, 2.24) is 29.3 Å². The quantitative estimate of drug-likeness (QED) is 0.668.